The van der Waals surface area contributed by atoms with Gasteiger partial charge in [-0.3, -0.25) is 9.59 Å². The van der Waals surface area contributed by atoms with Gasteiger partial charge in [-0.1, -0.05) is 0 Å². The fraction of sp³-hybridized carbons (Fsp3) is 0.500. The van der Waals surface area contributed by atoms with Gasteiger partial charge in [-0.05, 0) is 49.0 Å². The van der Waals surface area contributed by atoms with E-state index in [4.69, 9.17) is 27.6 Å². The van der Waals surface area contributed by atoms with Gasteiger partial charge in [-0.15, -0.1) is 22.7 Å². The van der Waals surface area contributed by atoms with Gasteiger partial charge in [0.1, 0.15) is 9.40 Å². The van der Waals surface area contributed by atoms with Gasteiger partial charge in [-0.2, -0.15) is 0 Å². The third kappa shape index (κ3) is 7.68. The predicted molar refractivity (Wildman–Crippen MR) is 180 cm³/mol. The van der Waals surface area contributed by atoms with Crippen molar-refractivity contribution in [3.8, 4) is 0 Å². The van der Waals surface area contributed by atoms with E-state index >= 15 is 0 Å². The standard InChI is InChI=1S/C11H12BNO5S.C11H10BrNO3S.C6H12BO2/c14-8-5-9(13-1-3-17-4-2-13)18-10-7(12(15)16)6-19-11(8)10;12-7-6-17-11-8(14)5-9(16-10(7)11)13-1-3-15-4-2-13;1-5(2)6(3,4)9-7-8-5/h5-6,15-16H,1-4H2;5-6H,1-4H2;1-4H3. The Morgan fingerprint density at radius 2 is 1.22 bits per heavy atom. The van der Waals surface area contributed by atoms with Crippen LogP contribution < -0.4 is 26.1 Å². The summed E-state index contributed by atoms with van der Waals surface area (Å²) < 4.78 is 34.3. The van der Waals surface area contributed by atoms with Crippen LogP contribution >= 0.6 is 38.6 Å². The Hall–Kier alpha value is -2.21. The highest BCUT2D eigenvalue weighted by Crippen LogP contribution is 2.33. The van der Waals surface area contributed by atoms with Gasteiger partial charge >= 0.3 is 14.8 Å². The number of thiophene rings is 2. The second kappa shape index (κ2) is 14.3. The Morgan fingerprint density at radius 3 is 1.67 bits per heavy atom. The van der Waals surface area contributed by atoms with Crippen molar-refractivity contribution in [1.82, 2.24) is 0 Å². The summed E-state index contributed by atoms with van der Waals surface area (Å²) in [5, 5.41) is 21.9. The summed E-state index contributed by atoms with van der Waals surface area (Å²) in [5.74, 6) is 1.08. The lowest BCUT2D eigenvalue weighted by atomic mass is 9.82. The molecule has 7 heterocycles. The lowest BCUT2D eigenvalue weighted by molar-refractivity contribution is 0.00578. The van der Waals surface area contributed by atoms with Crippen molar-refractivity contribution in [2.24, 2.45) is 0 Å². The zero-order valence-corrected chi connectivity index (χ0v) is 28.6. The van der Waals surface area contributed by atoms with Gasteiger partial charge in [0.05, 0.1) is 42.1 Å². The number of fused-ring (bicyclic) bond motifs is 2. The molecular formula is C28H34B2BrN2O10S2. The molecule has 45 heavy (non-hydrogen) atoms. The van der Waals surface area contributed by atoms with Crippen molar-refractivity contribution in [2.75, 3.05) is 62.4 Å². The first-order chi connectivity index (χ1) is 21.4. The van der Waals surface area contributed by atoms with E-state index in [1.54, 1.807) is 6.07 Å². The van der Waals surface area contributed by atoms with E-state index in [0.717, 1.165) is 28.9 Å². The Balaban J connectivity index is 0.000000142. The van der Waals surface area contributed by atoms with Crippen LogP contribution in [0.5, 0.6) is 0 Å². The first-order valence-electron chi connectivity index (χ1n) is 14.3. The molecule has 0 aromatic carbocycles. The fourth-order valence-corrected chi connectivity index (χ4v) is 6.82. The zero-order chi connectivity index (χ0) is 32.4. The minimum atomic E-state index is -1.64. The number of nitrogens with zero attached hydrogens (tertiary/aromatic N) is 2. The Kier molecular flexibility index (Phi) is 10.8. The monoisotopic (exact) mass is 723 g/mol. The molecule has 12 nitrogen and oxygen atoms in total. The van der Waals surface area contributed by atoms with E-state index in [1.807, 2.05) is 42.9 Å². The van der Waals surface area contributed by atoms with Crippen LogP contribution in [0.25, 0.3) is 20.6 Å². The van der Waals surface area contributed by atoms with Crippen LogP contribution in [0.2, 0.25) is 0 Å². The molecular weight excluding hydrogens is 690 g/mol. The molecule has 3 aliphatic heterocycles. The molecule has 2 N–H and O–H groups in total. The average molecular weight is 724 g/mol. The summed E-state index contributed by atoms with van der Waals surface area (Å²) in [6.45, 7) is 13.4. The number of ether oxygens (including phenoxy) is 2. The molecule has 3 aliphatic rings. The quantitative estimate of drug-likeness (QED) is 0.300. The van der Waals surface area contributed by atoms with Gasteiger partial charge in [0.15, 0.2) is 22.9 Å². The summed E-state index contributed by atoms with van der Waals surface area (Å²) in [7, 11) is -0.225. The number of rotatable bonds is 3. The maximum absolute atomic E-state index is 12.0. The van der Waals surface area contributed by atoms with Crippen LogP contribution in [0.1, 0.15) is 27.7 Å². The van der Waals surface area contributed by atoms with E-state index < -0.39 is 7.12 Å². The number of halogens is 1. The molecule has 17 heteroatoms. The number of morpholine rings is 2. The van der Waals surface area contributed by atoms with E-state index in [-0.39, 0.29) is 33.1 Å². The second-order valence-electron chi connectivity index (χ2n) is 11.4. The van der Waals surface area contributed by atoms with Crippen molar-refractivity contribution in [1.29, 1.82) is 0 Å². The summed E-state index contributed by atoms with van der Waals surface area (Å²) in [6, 6.07) is 3.01. The molecule has 3 fully saturated rings. The SMILES string of the molecule is CC1(C)O[B]OC1(C)C.O=c1cc(N2CCOCC2)oc2c(B(O)O)csc12.O=c1cc(N2CCOCC2)oc2c(Br)csc12. The van der Waals surface area contributed by atoms with Crippen molar-refractivity contribution in [3.05, 3.63) is 47.8 Å². The Bertz CT molecular complexity index is 1710. The normalized spacial score (nSPS) is 19.0. The smallest absolute Gasteiger partial charge is 0.440 e. The van der Waals surface area contributed by atoms with E-state index in [0.29, 0.717) is 66.3 Å². The van der Waals surface area contributed by atoms with E-state index in [2.05, 4.69) is 15.9 Å². The Morgan fingerprint density at radius 1 is 0.778 bits per heavy atom. The van der Waals surface area contributed by atoms with Crippen LogP contribution in [0, 0.1) is 0 Å². The second-order valence-corrected chi connectivity index (χ2v) is 14.0. The molecule has 0 unspecified atom stereocenters. The molecule has 0 aliphatic carbocycles. The number of hydrogen-bond acceptors (Lipinski definition) is 14. The first-order valence-corrected chi connectivity index (χ1v) is 16.9. The lowest BCUT2D eigenvalue weighted by Gasteiger charge is -2.32. The molecule has 7 rings (SSSR count). The van der Waals surface area contributed by atoms with Gasteiger partial charge < -0.3 is 47.5 Å². The highest BCUT2D eigenvalue weighted by atomic mass is 79.9. The minimum Gasteiger partial charge on any atom is -0.440 e. The maximum Gasteiger partial charge on any atom is 0.493 e. The molecule has 0 atom stereocenters. The molecule has 0 spiro atoms. The van der Waals surface area contributed by atoms with E-state index in [1.165, 1.54) is 30.5 Å². The molecule has 1 radical (unpaired) electrons. The van der Waals surface area contributed by atoms with Crippen LogP contribution in [0.4, 0.5) is 11.8 Å². The third-order valence-electron chi connectivity index (χ3n) is 7.90. The molecule has 4 aromatic rings. The number of hydrogen-bond donors (Lipinski definition) is 2. The Labute approximate surface area is 277 Å². The molecule has 3 saturated heterocycles. The highest BCUT2D eigenvalue weighted by Gasteiger charge is 2.44. The topological polar surface area (TPSA) is 144 Å². The van der Waals surface area contributed by atoms with Crippen molar-refractivity contribution in [2.45, 2.75) is 38.9 Å². The summed E-state index contributed by atoms with van der Waals surface area (Å²) in [6.07, 6.45) is 0. The van der Waals surface area contributed by atoms with Crippen LogP contribution in [-0.4, -0.2) is 88.7 Å². The van der Waals surface area contributed by atoms with Gasteiger partial charge in [0.2, 0.25) is 10.9 Å². The molecule has 241 valence electrons. The van der Waals surface area contributed by atoms with Gasteiger partial charge in [-0.25, -0.2) is 0 Å². The molecule has 0 saturated carbocycles. The zero-order valence-electron chi connectivity index (χ0n) is 25.4. The predicted octanol–water partition coefficient (Wildman–Crippen LogP) is 2.95. The number of anilines is 2. The molecule has 0 bridgehead atoms. The van der Waals surface area contributed by atoms with Crippen LogP contribution in [0.15, 0.2) is 45.8 Å². The minimum absolute atomic E-state index is 0.0171. The summed E-state index contributed by atoms with van der Waals surface area (Å²) >= 11 is 5.95. The van der Waals surface area contributed by atoms with Crippen molar-refractivity contribution < 1.29 is 37.7 Å². The molecule has 0 amide bonds. The van der Waals surface area contributed by atoms with Crippen LogP contribution in [0.3, 0.4) is 0 Å². The van der Waals surface area contributed by atoms with Crippen molar-refractivity contribution >= 4 is 91.2 Å². The van der Waals surface area contributed by atoms with Crippen LogP contribution in [-0.2, 0) is 18.8 Å². The summed E-state index contributed by atoms with van der Waals surface area (Å²) in [4.78, 5) is 27.9. The van der Waals surface area contributed by atoms with Gasteiger partial charge in [0, 0.05) is 49.2 Å². The van der Waals surface area contributed by atoms with E-state index in [9.17, 15) is 19.6 Å². The first kappa shape index (κ1) is 34.1. The summed E-state index contributed by atoms with van der Waals surface area (Å²) in [5.41, 5.74) is 0.605. The maximum atomic E-state index is 12.0. The largest absolute Gasteiger partial charge is 0.493 e. The van der Waals surface area contributed by atoms with Gasteiger partial charge in [0.25, 0.3) is 0 Å². The van der Waals surface area contributed by atoms with Crippen molar-refractivity contribution in [3.63, 3.8) is 0 Å². The molecule has 4 aromatic heterocycles. The average Bonchev–Trinajstić information content (AvgIpc) is 3.69. The fourth-order valence-electron chi connectivity index (χ4n) is 4.46. The third-order valence-corrected chi connectivity index (χ3v) is 10.8. The highest BCUT2D eigenvalue weighted by molar-refractivity contribution is 9.10. The lowest BCUT2D eigenvalue weighted by Crippen LogP contribution is -2.41.